The molecule has 0 bridgehead atoms. The number of halogens is 2. The van der Waals surface area contributed by atoms with Gasteiger partial charge in [0.05, 0.1) is 11.3 Å². The van der Waals surface area contributed by atoms with Crippen molar-refractivity contribution < 1.29 is 28.3 Å². The maximum absolute atomic E-state index is 13.5. The zero-order chi connectivity index (χ0) is 23.8. The molecule has 10 heteroatoms. The van der Waals surface area contributed by atoms with Gasteiger partial charge < -0.3 is 26.0 Å². The molecule has 1 aliphatic rings. The van der Waals surface area contributed by atoms with E-state index in [1.807, 2.05) is 0 Å². The first-order valence-electron chi connectivity index (χ1n) is 10.2. The third kappa shape index (κ3) is 4.10. The first-order chi connectivity index (χ1) is 15.0. The lowest BCUT2D eigenvalue weighted by molar-refractivity contribution is -0.137. The molecule has 32 heavy (non-hydrogen) atoms. The molecule has 0 radical (unpaired) electrons. The first-order valence-corrected chi connectivity index (χ1v) is 10.2. The van der Waals surface area contributed by atoms with Gasteiger partial charge in [0, 0.05) is 24.5 Å². The summed E-state index contributed by atoms with van der Waals surface area (Å²) >= 11 is 0. The number of hydrogen-bond donors (Lipinski definition) is 4. The van der Waals surface area contributed by atoms with Crippen LogP contribution in [-0.2, 0) is 16.6 Å². The van der Waals surface area contributed by atoms with Gasteiger partial charge in [-0.1, -0.05) is 12.8 Å². The average molecular weight is 448 g/mol. The Morgan fingerprint density at radius 3 is 2.34 bits per heavy atom. The number of nitrogens with two attached hydrogens (primary N) is 1. The average Bonchev–Trinajstić information content (AvgIpc) is 3.28. The van der Waals surface area contributed by atoms with Crippen molar-refractivity contribution in [2.24, 2.45) is 12.8 Å². The van der Waals surface area contributed by atoms with Crippen LogP contribution in [-0.4, -0.2) is 32.9 Å². The monoisotopic (exact) mass is 448 g/mol. The number of aromatic nitrogens is 1. The molecule has 5 N–H and O–H groups in total. The van der Waals surface area contributed by atoms with Crippen LogP contribution in [0.3, 0.4) is 0 Å². The summed E-state index contributed by atoms with van der Waals surface area (Å²) in [5.41, 5.74) is 5.51. The van der Waals surface area contributed by atoms with Crippen molar-refractivity contribution in [3.63, 3.8) is 0 Å². The van der Waals surface area contributed by atoms with E-state index in [2.05, 4.69) is 10.6 Å². The highest BCUT2D eigenvalue weighted by Crippen LogP contribution is 2.32. The van der Waals surface area contributed by atoms with E-state index >= 15 is 0 Å². The van der Waals surface area contributed by atoms with Gasteiger partial charge in [0.25, 0.3) is 11.8 Å². The second-order valence-corrected chi connectivity index (χ2v) is 8.16. The van der Waals surface area contributed by atoms with Crippen LogP contribution in [0.1, 0.15) is 59.1 Å². The van der Waals surface area contributed by atoms with Gasteiger partial charge in [0.15, 0.2) is 17.7 Å². The molecule has 2 aromatic rings. The molecule has 3 amide bonds. The molecule has 3 rings (SSSR count). The molecule has 1 aliphatic carbocycles. The highest BCUT2D eigenvalue weighted by Gasteiger charge is 2.42. The van der Waals surface area contributed by atoms with Crippen molar-refractivity contribution in [1.29, 1.82) is 0 Å². The number of nitrogens with one attached hydrogen (secondary N) is 2. The van der Waals surface area contributed by atoms with Gasteiger partial charge >= 0.3 is 0 Å². The molecule has 172 valence electrons. The van der Waals surface area contributed by atoms with Crippen molar-refractivity contribution in [3.8, 4) is 0 Å². The van der Waals surface area contributed by atoms with Crippen LogP contribution in [0.4, 0.5) is 14.5 Å². The number of hydrogen-bond acceptors (Lipinski definition) is 4. The predicted molar refractivity (Wildman–Crippen MR) is 113 cm³/mol. The van der Waals surface area contributed by atoms with Gasteiger partial charge in [0.1, 0.15) is 5.54 Å². The minimum atomic E-state index is -1.65. The topological polar surface area (TPSA) is 126 Å². The minimum absolute atomic E-state index is 0.0565. The number of aliphatic hydroxyl groups is 1. The summed E-state index contributed by atoms with van der Waals surface area (Å²) in [6, 6.07) is 2.97. The number of carbonyl (C=O) groups excluding carboxylic acids is 3. The van der Waals surface area contributed by atoms with E-state index in [9.17, 15) is 28.3 Å². The van der Waals surface area contributed by atoms with Crippen molar-refractivity contribution in [1.82, 2.24) is 9.88 Å². The molecule has 0 saturated heterocycles. The molecule has 0 spiro atoms. The third-order valence-electron chi connectivity index (χ3n) is 6.19. The second kappa shape index (κ2) is 8.70. The van der Waals surface area contributed by atoms with Crippen molar-refractivity contribution >= 4 is 23.4 Å². The molecule has 1 saturated carbocycles. The van der Waals surface area contributed by atoms with E-state index in [-0.39, 0.29) is 16.9 Å². The van der Waals surface area contributed by atoms with Gasteiger partial charge in [-0.3, -0.25) is 14.4 Å². The molecule has 1 heterocycles. The number of rotatable bonds is 6. The summed E-state index contributed by atoms with van der Waals surface area (Å²) in [5.74, 6) is -4.19. The summed E-state index contributed by atoms with van der Waals surface area (Å²) in [4.78, 5) is 37.6. The van der Waals surface area contributed by atoms with E-state index in [4.69, 9.17) is 5.73 Å². The molecule has 1 fully saturated rings. The van der Waals surface area contributed by atoms with Crippen LogP contribution in [0.15, 0.2) is 18.2 Å². The molecule has 8 nitrogen and oxygen atoms in total. The first kappa shape index (κ1) is 23.4. The Labute approximate surface area is 183 Å². The van der Waals surface area contributed by atoms with E-state index < -0.39 is 41.0 Å². The number of carbonyl (C=O) groups is 3. The maximum Gasteiger partial charge on any atom is 0.257 e. The van der Waals surface area contributed by atoms with Gasteiger partial charge in [-0.25, -0.2) is 8.78 Å². The minimum Gasteiger partial charge on any atom is -0.377 e. The molecule has 1 atom stereocenters. The number of anilines is 1. The lowest BCUT2D eigenvalue weighted by atomic mass is 9.96. The normalized spacial score (nSPS) is 15.9. The van der Waals surface area contributed by atoms with Gasteiger partial charge in [-0.15, -0.1) is 0 Å². The van der Waals surface area contributed by atoms with Crippen LogP contribution in [0.5, 0.6) is 0 Å². The van der Waals surface area contributed by atoms with Gasteiger partial charge in [-0.05, 0) is 44.4 Å². The molecule has 1 unspecified atom stereocenters. The number of benzene rings is 1. The highest BCUT2D eigenvalue weighted by atomic mass is 19.2. The van der Waals surface area contributed by atoms with Crippen LogP contribution < -0.4 is 16.4 Å². The van der Waals surface area contributed by atoms with Crippen LogP contribution in [0.2, 0.25) is 0 Å². The van der Waals surface area contributed by atoms with Crippen LogP contribution >= 0.6 is 0 Å². The fourth-order valence-electron chi connectivity index (χ4n) is 4.33. The Balaban J connectivity index is 1.87. The second-order valence-electron chi connectivity index (χ2n) is 8.16. The summed E-state index contributed by atoms with van der Waals surface area (Å²) in [6.45, 7) is 3.20. The molecular weight excluding hydrogens is 422 g/mol. The Morgan fingerprint density at radius 2 is 1.78 bits per heavy atom. The third-order valence-corrected chi connectivity index (χ3v) is 6.19. The van der Waals surface area contributed by atoms with Gasteiger partial charge in [0.2, 0.25) is 5.91 Å². The largest absolute Gasteiger partial charge is 0.377 e. The van der Waals surface area contributed by atoms with E-state index in [1.165, 1.54) is 10.6 Å². The lowest BCUT2D eigenvalue weighted by Crippen LogP contribution is -2.56. The summed E-state index contributed by atoms with van der Waals surface area (Å²) in [7, 11) is 1.59. The van der Waals surface area contributed by atoms with Crippen molar-refractivity contribution in [3.05, 3.63) is 52.3 Å². The zero-order valence-corrected chi connectivity index (χ0v) is 18.1. The standard InChI is InChI=1S/C22H26F2N4O4/c1-11-16(19(30)26-13-6-7-14(23)15(24)10-13)12(2)28(3)17(11)18(29)20(31)27-22(21(25)32)8-4-5-9-22/h6-7,10,18,29H,4-5,8-9H2,1-3H3,(H2,25,32)(H,26,30)(H,27,31). The summed E-state index contributed by atoms with van der Waals surface area (Å²) in [6.07, 6.45) is 0.605. The number of primary amides is 1. The molecule has 1 aromatic heterocycles. The lowest BCUT2D eigenvalue weighted by Gasteiger charge is -2.28. The number of amides is 3. The number of nitrogens with zero attached hydrogens (tertiary/aromatic N) is 1. The van der Waals surface area contributed by atoms with E-state index in [0.29, 0.717) is 24.1 Å². The van der Waals surface area contributed by atoms with Crippen LogP contribution in [0.25, 0.3) is 0 Å². The molecular formula is C22H26F2N4O4. The van der Waals surface area contributed by atoms with Gasteiger partial charge in [-0.2, -0.15) is 0 Å². The highest BCUT2D eigenvalue weighted by molar-refractivity contribution is 6.06. The maximum atomic E-state index is 13.5. The fourth-order valence-corrected chi connectivity index (χ4v) is 4.33. The Bertz CT molecular complexity index is 1090. The SMILES string of the molecule is Cc1c(C(=O)Nc2ccc(F)c(F)c2)c(C)n(C)c1C(O)C(=O)NC1(C(N)=O)CCCC1. The Kier molecular flexibility index (Phi) is 6.36. The Morgan fingerprint density at radius 1 is 1.16 bits per heavy atom. The van der Waals surface area contributed by atoms with Crippen molar-refractivity contribution in [2.45, 2.75) is 51.2 Å². The van der Waals surface area contributed by atoms with E-state index in [1.54, 1.807) is 20.9 Å². The fraction of sp³-hybridized carbons (Fsp3) is 0.409. The predicted octanol–water partition coefficient (Wildman–Crippen LogP) is 2.12. The zero-order valence-electron chi connectivity index (χ0n) is 18.1. The van der Waals surface area contributed by atoms with E-state index in [0.717, 1.165) is 25.0 Å². The summed E-state index contributed by atoms with van der Waals surface area (Å²) in [5, 5.41) is 15.9. The molecule has 1 aromatic carbocycles. The molecule has 0 aliphatic heterocycles. The van der Waals surface area contributed by atoms with Crippen molar-refractivity contribution in [2.75, 3.05) is 5.32 Å². The quantitative estimate of drug-likeness (QED) is 0.540. The summed E-state index contributed by atoms with van der Waals surface area (Å²) < 4.78 is 28.1. The Hall–Kier alpha value is -3.27. The van der Waals surface area contributed by atoms with Crippen LogP contribution in [0, 0.1) is 25.5 Å². The number of aliphatic hydroxyl groups excluding tert-OH is 1. The smallest absolute Gasteiger partial charge is 0.257 e.